The van der Waals surface area contributed by atoms with E-state index in [1.54, 1.807) is 14.2 Å². The molecular formula is C8H18O3Si. The molecule has 0 aromatic heterocycles. The van der Waals surface area contributed by atoms with E-state index in [-0.39, 0.29) is 5.60 Å². The molecular weight excluding hydrogens is 172 g/mol. The van der Waals surface area contributed by atoms with Crippen LogP contribution in [-0.2, 0) is 13.3 Å². The van der Waals surface area contributed by atoms with Gasteiger partial charge in [-0.1, -0.05) is 0 Å². The lowest BCUT2D eigenvalue weighted by molar-refractivity contribution is -0.0173. The highest BCUT2D eigenvalue weighted by Crippen LogP contribution is 2.33. The largest absolute Gasteiger partial charge is 0.500 e. The third-order valence-electron chi connectivity index (χ3n) is 2.32. The average Bonchev–Trinajstić information content (AvgIpc) is 2.02. The van der Waals surface area contributed by atoms with Crippen molar-refractivity contribution in [3.05, 3.63) is 0 Å². The van der Waals surface area contributed by atoms with Crippen molar-refractivity contribution in [1.82, 2.24) is 0 Å². The summed E-state index contributed by atoms with van der Waals surface area (Å²) < 4.78 is 16.6. The van der Waals surface area contributed by atoms with Crippen LogP contribution in [0.2, 0.25) is 6.04 Å². The van der Waals surface area contributed by atoms with E-state index in [1.807, 2.05) is 0 Å². The van der Waals surface area contributed by atoms with Crippen molar-refractivity contribution < 1.29 is 13.3 Å². The van der Waals surface area contributed by atoms with Crippen molar-refractivity contribution in [2.24, 2.45) is 0 Å². The third kappa shape index (κ3) is 2.07. The van der Waals surface area contributed by atoms with Crippen molar-refractivity contribution in [3.8, 4) is 0 Å². The molecule has 0 aromatic carbocycles. The van der Waals surface area contributed by atoms with Gasteiger partial charge in [0.1, 0.15) is 0 Å². The SMILES string of the molecule is CO[Si]1(OC)CCCC(C)(C)O1. The van der Waals surface area contributed by atoms with Gasteiger partial charge in [0.15, 0.2) is 0 Å². The summed E-state index contributed by atoms with van der Waals surface area (Å²) >= 11 is 0. The summed E-state index contributed by atoms with van der Waals surface area (Å²) in [6.07, 6.45) is 2.23. The third-order valence-corrected chi connectivity index (χ3v) is 5.39. The Morgan fingerprint density at radius 1 is 1.25 bits per heavy atom. The predicted molar refractivity (Wildman–Crippen MR) is 49.0 cm³/mol. The minimum Gasteiger partial charge on any atom is -0.377 e. The highest BCUT2D eigenvalue weighted by atomic mass is 28.4. The van der Waals surface area contributed by atoms with Crippen molar-refractivity contribution in [2.75, 3.05) is 14.2 Å². The predicted octanol–water partition coefficient (Wildman–Crippen LogP) is 1.81. The van der Waals surface area contributed by atoms with Crippen LogP contribution in [0.5, 0.6) is 0 Å². The van der Waals surface area contributed by atoms with E-state index in [0.29, 0.717) is 0 Å². The molecule has 12 heavy (non-hydrogen) atoms. The Morgan fingerprint density at radius 2 is 1.83 bits per heavy atom. The molecule has 0 atom stereocenters. The molecule has 0 aromatic rings. The molecule has 1 rings (SSSR count). The van der Waals surface area contributed by atoms with Gasteiger partial charge < -0.3 is 13.3 Å². The van der Waals surface area contributed by atoms with Gasteiger partial charge in [-0.15, -0.1) is 0 Å². The van der Waals surface area contributed by atoms with Crippen molar-refractivity contribution in [1.29, 1.82) is 0 Å². The van der Waals surface area contributed by atoms with Gasteiger partial charge >= 0.3 is 8.80 Å². The first-order chi connectivity index (χ1) is 5.54. The molecule has 0 saturated carbocycles. The smallest absolute Gasteiger partial charge is 0.377 e. The van der Waals surface area contributed by atoms with Crippen molar-refractivity contribution in [2.45, 2.75) is 38.3 Å². The molecule has 1 aliphatic heterocycles. The highest BCUT2D eigenvalue weighted by Gasteiger charge is 2.46. The summed E-state index contributed by atoms with van der Waals surface area (Å²) in [4.78, 5) is 0. The van der Waals surface area contributed by atoms with E-state index in [0.717, 1.165) is 18.9 Å². The first-order valence-corrected chi connectivity index (χ1v) is 6.27. The van der Waals surface area contributed by atoms with E-state index in [2.05, 4.69) is 13.8 Å². The minimum atomic E-state index is -2.27. The van der Waals surface area contributed by atoms with Crippen LogP contribution in [0.15, 0.2) is 0 Å². The van der Waals surface area contributed by atoms with Gasteiger partial charge in [0.05, 0.1) is 5.60 Å². The Morgan fingerprint density at radius 3 is 2.17 bits per heavy atom. The molecule has 0 unspecified atom stereocenters. The summed E-state index contributed by atoms with van der Waals surface area (Å²) in [5, 5.41) is 0. The minimum absolute atomic E-state index is 0.0729. The first kappa shape index (κ1) is 10.2. The molecule has 4 heteroatoms. The number of hydrogen-bond donors (Lipinski definition) is 0. The average molecular weight is 190 g/mol. The fraction of sp³-hybridized carbons (Fsp3) is 1.00. The quantitative estimate of drug-likeness (QED) is 0.622. The fourth-order valence-electron chi connectivity index (χ4n) is 1.62. The highest BCUT2D eigenvalue weighted by molar-refractivity contribution is 6.60. The van der Waals surface area contributed by atoms with E-state index < -0.39 is 8.80 Å². The van der Waals surface area contributed by atoms with Crippen molar-refractivity contribution >= 4 is 8.80 Å². The first-order valence-electron chi connectivity index (χ1n) is 4.34. The van der Waals surface area contributed by atoms with Crippen LogP contribution in [-0.4, -0.2) is 28.6 Å². The zero-order valence-electron chi connectivity index (χ0n) is 8.35. The van der Waals surface area contributed by atoms with E-state index >= 15 is 0 Å². The van der Waals surface area contributed by atoms with Crippen LogP contribution < -0.4 is 0 Å². The summed E-state index contributed by atoms with van der Waals surface area (Å²) in [6.45, 7) is 4.18. The monoisotopic (exact) mass is 190 g/mol. The standard InChI is InChI=1S/C8H18O3Si/c1-8(2)6-5-7-12(9-3,10-4)11-8/h5-7H2,1-4H3. The molecule has 0 bridgehead atoms. The van der Waals surface area contributed by atoms with Crippen LogP contribution in [0.3, 0.4) is 0 Å². The molecule has 1 heterocycles. The Balaban J connectivity index is 2.65. The van der Waals surface area contributed by atoms with E-state index in [4.69, 9.17) is 13.3 Å². The molecule has 0 aliphatic carbocycles. The maximum atomic E-state index is 5.85. The zero-order chi connectivity index (χ0) is 9.24. The van der Waals surface area contributed by atoms with Crippen LogP contribution in [0.1, 0.15) is 26.7 Å². The Labute approximate surface area is 75.4 Å². The topological polar surface area (TPSA) is 27.7 Å². The Kier molecular flexibility index (Phi) is 2.93. The maximum absolute atomic E-state index is 5.85. The molecule has 1 saturated heterocycles. The lowest BCUT2D eigenvalue weighted by atomic mass is 10.0. The van der Waals surface area contributed by atoms with Crippen LogP contribution in [0.4, 0.5) is 0 Å². The van der Waals surface area contributed by atoms with E-state index in [1.165, 1.54) is 0 Å². The molecule has 1 aliphatic rings. The molecule has 0 amide bonds. The summed E-state index contributed by atoms with van der Waals surface area (Å²) in [6, 6.07) is 0.948. The molecule has 0 radical (unpaired) electrons. The molecule has 0 spiro atoms. The summed E-state index contributed by atoms with van der Waals surface area (Å²) in [7, 11) is 1.09. The normalized spacial score (nSPS) is 27.0. The van der Waals surface area contributed by atoms with Gasteiger partial charge in [-0.3, -0.25) is 0 Å². The second-order valence-electron chi connectivity index (χ2n) is 3.81. The number of rotatable bonds is 2. The van der Waals surface area contributed by atoms with Crippen LogP contribution in [0, 0.1) is 0 Å². The second kappa shape index (κ2) is 3.45. The summed E-state index contributed by atoms with van der Waals surface area (Å²) in [5.74, 6) is 0. The second-order valence-corrected chi connectivity index (χ2v) is 6.69. The van der Waals surface area contributed by atoms with Gasteiger partial charge in [-0.2, -0.15) is 0 Å². The van der Waals surface area contributed by atoms with Gasteiger partial charge in [0.25, 0.3) is 0 Å². The van der Waals surface area contributed by atoms with Gasteiger partial charge in [0, 0.05) is 20.3 Å². The molecule has 0 N–H and O–H groups in total. The Hall–Kier alpha value is 0.0969. The Bertz CT molecular complexity index is 154. The lowest BCUT2D eigenvalue weighted by Gasteiger charge is -2.40. The van der Waals surface area contributed by atoms with Gasteiger partial charge in [0.2, 0.25) is 0 Å². The molecule has 3 nitrogen and oxygen atoms in total. The number of hydrogen-bond acceptors (Lipinski definition) is 3. The fourth-order valence-corrected chi connectivity index (χ4v) is 4.02. The van der Waals surface area contributed by atoms with E-state index in [9.17, 15) is 0 Å². The molecule has 1 fully saturated rings. The maximum Gasteiger partial charge on any atom is 0.500 e. The van der Waals surface area contributed by atoms with Gasteiger partial charge in [-0.05, 0) is 26.7 Å². The lowest BCUT2D eigenvalue weighted by Crippen LogP contribution is -2.52. The summed E-state index contributed by atoms with van der Waals surface area (Å²) in [5.41, 5.74) is -0.0729. The molecule has 72 valence electrons. The zero-order valence-corrected chi connectivity index (χ0v) is 9.35. The van der Waals surface area contributed by atoms with Crippen molar-refractivity contribution in [3.63, 3.8) is 0 Å². The van der Waals surface area contributed by atoms with Crippen LogP contribution >= 0.6 is 0 Å². The van der Waals surface area contributed by atoms with Gasteiger partial charge in [-0.25, -0.2) is 0 Å². The van der Waals surface area contributed by atoms with Crippen LogP contribution in [0.25, 0.3) is 0 Å².